The van der Waals surface area contributed by atoms with E-state index in [1.165, 1.54) is 0 Å². The van der Waals surface area contributed by atoms with Gasteiger partial charge in [0, 0.05) is 10.9 Å². The van der Waals surface area contributed by atoms with E-state index in [-0.39, 0.29) is 5.91 Å². The molecule has 0 heterocycles. The Bertz CT molecular complexity index is 427. The Morgan fingerprint density at radius 1 is 1.47 bits per heavy atom. The first-order valence-corrected chi connectivity index (χ1v) is 6.37. The zero-order chi connectivity index (χ0) is 12.8. The minimum absolute atomic E-state index is 0.0469. The van der Waals surface area contributed by atoms with E-state index in [9.17, 15) is 4.79 Å². The Kier molecular flexibility index (Phi) is 5.35. The molecule has 0 atom stereocenters. The molecule has 0 aliphatic heterocycles. The fourth-order valence-corrected chi connectivity index (χ4v) is 1.74. The van der Waals surface area contributed by atoms with E-state index in [0.717, 1.165) is 15.7 Å². The molecule has 3 nitrogen and oxygen atoms in total. The molecule has 0 bridgehead atoms. The number of hydrazone groups is 1. The number of rotatable bonds is 4. The molecule has 1 N–H and O–H groups in total. The molecule has 1 aromatic rings. The summed E-state index contributed by atoms with van der Waals surface area (Å²) in [7, 11) is 0. The maximum absolute atomic E-state index is 11.4. The normalized spacial score (nSPS) is 11.7. The highest BCUT2D eigenvalue weighted by Gasteiger charge is 2.04. The predicted molar refractivity (Wildman–Crippen MR) is 74.0 cm³/mol. The van der Waals surface area contributed by atoms with Gasteiger partial charge in [0.15, 0.2) is 0 Å². The van der Waals surface area contributed by atoms with Crippen molar-refractivity contribution < 1.29 is 4.79 Å². The first kappa shape index (κ1) is 13.9. The minimum atomic E-state index is -0.0469. The van der Waals surface area contributed by atoms with Crippen LogP contribution in [0.2, 0.25) is 0 Å². The predicted octanol–water partition coefficient (Wildman–Crippen LogP) is 3.34. The van der Waals surface area contributed by atoms with Gasteiger partial charge in [0.25, 0.3) is 0 Å². The summed E-state index contributed by atoms with van der Waals surface area (Å²) >= 11 is 3.40. The molecule has 1 amide bonds. The van der Waals surface area contributed by atoms with Crippen LogP contribution in [0.25, 0.3) is 0 Å². The molecule has 0 radical (unpaired) electrons. The Morgan fingerprint density at radius 2 is 2.18 bits per heavy atom. The van der Waals surface area contributed by atoms with Crippen LogP contribution in [0, 0.1) is 5.92 Å². The third-order valence-corrected chi connectivity index (χ3v) is 2.68. The van der Waals surface area contributed by atoms with Crippen molar-refractivity contribution >= 4 is 27.5 Å². The van der Waals surface area contributed by atoms with Gasteiger partial charge in [0.05, 0.1) is 5.71 Å². The minimum Gasteiger partial charge on any atom is -0.273 e. The van der Waals surface area contributed by atoms with Crippen molar-refractivity contribution in [3.8, 4) is 0 Å². The first-order chi connectivity index (χ1) is 7.99. The number of nitrogens with one attached hydrogen (secondary N) is 1. The van der Waals surface area contributed by atoms with E-state index in [1.54, 1.807) is 0 Å². The fourth-order valence-electron chi connectivity index (χ4n) is 1.34. The molecular formula is C13H17BrN2O. The number of carbonyl (C=O) groups is 1. The SMILES string of the molecule is CC(=NNC(=O)CC(C)C)c1cccc(Br)c1. The van der Waals surface area contributed by atoms with Crippen LogP contribution in [-0.4, -0.2) is 11.6 Å². The van der Waals surface area contributed by atoms with Crippen LogP contribution in [-0.2, 0) is 4.79 Å². The summed E-state index contributed by atoms with van der Waals surface area (Å²) in [6.07, 6.45) is 0.495. The van der Waals surface area contributed by atoms with Crippen LogP contribution in [0.3, 0.4) is 0 Å². The number of hydrogen-bond acceptors (Lipinski definition) is 2. The summed E-state index contributed by atoms with van der Waals surface area (Å²) in [5.74, 6) is 0.297. The number of benzene rings is 1. The van der Waals surface area contributed by atoms with E-state index < -0.39 is 0 Å². The number of hydrogen-bond donors (Lipinski definition) is 1. The van der Waals surface area contributed by atoms with Crippen LogP contribution < -0.4 is 5.43 Å². The van der Waals surface area contributed by atoms with Gasteiger partial charge >= 0.3 is 0 Å². The van der Waals surface area contributed by atoms with Gasteiger partial charge in [-0.15, -0.1) is 0 Å². The van der Waals surface area contributed by atoms with Gasteiger partial charge in [-0.05, 0) is 30.5 Å². The number of nitrogens with zero attached hydrogens (tertiary/aromatic N) is 1. The molecule has 0 saturated heterocycles. The fraction of sp³-hybridized carbons (Fsp3) is 0.385. The van der Waals surface area contributed by atoms with E-state index in [1.807, 2.05) is 45.0 Å². The van der Waals surface area contributed by atoms with Crippen molar-refractivity contribution in [3.05, 3.63) is 34.3 Å². The van der Waals surface area contributed by atoms with Crippen LogP contribution >= 0.6 is 15.9 Å². The Morgan fingerprint density at radius 3 is 2.76 bits per heavy atom. The quantitative estimate of drug-likeness (QED) is 0.672. The van der Waals surface area contributed by atoms with Gasteiger partial charge in [0.1, 0.15) is 0 Å². The number of halogens is 1. The Balaban J connectivity index is 2.64. The zero-order valence-corrected chi connectivity index (χ0v) is 11.9. The molecule has 0 spiro atoms. The Hall–Kier alpha value is -1.16. The zero-order valence-electron chi connectivity index (χ0n) is 10.3. The lowest BCUT2D eigenvalue weighted by atomic mass is 10.1. The van der Waals surface area contributed by atoms with Gasteiger partial charge in [-0.3, -0.25) is 4.79 Å². The van der Waals surface area contributed by atoms with Gasteiger partial charge in [-0.1, -0.05) is 41.9 Å². The average Bonchev–Trinajstić information content (AvgIpc) is 2.25. The molecule has 92 valence electrons. The lowest BCUT2D eigenvalue weighted by molar-refractivity contribution is -0.121. The molecule has 0 unspecified atom stereocenters. The standard InChI is InChI=1S/C13H17BrN2O/c1-9(2)7-13(17)16-15-10(3)11-5-4-6-12(14)8-11/h4-6,8-9H,7H2,1-3H3,(H,16,17). The second-order valence-corrected chi connectivity index (χ2v) is 5.26. The monoisotopic (exact) mass is 296 g/mol. The highest BCUT2D eigenvalue weighted by molar-refractivity contribution is 9.10. The summed E-state index contributed by atoms with van der Waals surface area (Å²) in [6, 6.07) is 7.81. The second kappa shape index (κ2) is 6.55. The number of amides is 1. The summed E-state index contributed by atoms with van der Waals surface area (Å²) in [6.45, 7) is 5.88. The summed E-state index contributed by atoms with van der Waals surface area (Å²) in [5.41, 5.74) is 4.35. The van der Waals surface area contributed by atoms with Crippen molar-refractivity contribution in [1.82, 2.24) is 5.43 Å². The molecule has 0 aliphatic carbocycles. The van der Waals surface area contributed by atoms with Gasteiger partial charge in [-0.25, -0.2) is 5.43 Å². The average molecular weight is 297 g/mol. The molecule has 0 aliphatic rings. The van der Waals surface area contributed by atoms with Crippen molar-refractivity contribution in [1.29, 1.82) is 0 Å². The molecular weight excluding hydrogens is 280 g/mol. The largest absolute Gasteiger partial charge is 0.273 e. The molecule has 17 heavy (non-hydrogen) atoms. The molecule has 0 fully saturated rings. The van der Waals surface area contributed by atoms with E-state index in [2.05, 4.69) is 26.5 Å². The molecule has 1 aromatic carbocycles. The van der Waals surface area contributed by atoms with Crippen LogP contribution in [0.5, 0.6) is 0 Å². The first-order valence-electron chi connectivity index (χ1n) is 5.58. The summed E-state index contributed by atoms with van der Waals surface area (Å²) in [5, 5.41) is 4.08. The third-order valence-electron chi connectivity index (χ3n) is 2.18. The molecule has 0 saturated carbocycles. The Labute approximate surface area is 110 Å². The van der Waals surface area contributed by atoms with Gasteiger partial charge < -0.3 is 0 Å². The highest BCUT2D eigenvalue weighted by Crippen LogP contribution is 2.12. The topological polar surface area (TPSA) is 41.5 Å². The number of carbonyl (C=O) groups excluding carboxylic acids is 1. The van der Waals surface area contributed by atoms with Crippen molar-refractivity contribution in [2.24, 2.45) is 11.0 Å². The summed E-state index contributed by atoms with van der Waals surface area (Å²) < 4.78 is 0.998. The van der Waals surface area contributed by atoms with Gasteiger partial charge in [0.2, 0.25) is 5.91 Å². The lowest BCUT2D eigenvalue weighted by Crippen LogP contribution is -2.20. The van der Waals surface area contributed by atoms with E-state index in [0.29, 0.717) is 12.3 Å². The van der Waals surface area contributed by atoms with Gasteiger partial charge in [-0.2, -0.15) is 5.10 Å². The highest BCUT2D eigenvalue weighted by atomic mass is 79.9. The second-order valence-electron chi connectivity index (χ2n) is 4.34. The van der Waals surface area contributed by atoms with Crippen LogP contribution in [0.4, 0.5) is 0 Å². The molecule has 0 aromatic heterocycles. The summed E-state index contributed by atoms with van der Waals surface area (Å²) in [4.78, 5) is 11.4. The lowest BCUT2D eigenvalue weighted by Gasteiger charge is -2.05. The van der Waals surface area contributed by atoms with E-state index in [4.69, 9.17) is 0 Å². The molecule has 4 heteroatoms. The third kappa shape index (κ3) is 5.13. The van der Waals surface area contributed by atoms with Crippen molar-refractivity contribution in [2.45, 2.75) is 27.2 Å². The van der Waals surface area contributed by atoms with Crippen molar-refractivity contribution in [2.75, 3.05) is 0 Å². The maximum atomic E-state index is 11.4. The van der Waals surface area contributed by atoms with Crippen LogP contribution in [0.1, 0.15) is 32.8 Å². The van der Waals surface area contributed by atoms with Crippen LogP contribution in [0.15, 0.2) is 33.8 Å². The maximum Gasteiger partial charge on any atom is 0.240 e. The van der Waals surface area contributed by atoms with Crippen molar-refractivity contribution in [3.63, 3.8) is 0 Å². The smallest absolute Gasteiger partial charge is 0.240 e. The van der Waals surface area contributed by atoms with E-state index >= 15 is 0 Å². The molecule has 1 rings (SSSR count).